The molecule has 0 bridgehead atoms. The first kappa shape index (κ1) is 13.1. The lowest BCUT2D eigenvalue weighted by atomic mass is 9.99. The zero-order valence-electron chi connectivity index (χ0n) is 9.77. The Kier molecular flexibility index (Phi) is 5.42. The average Bonchev–Trinajstić information content (AvgIpc) is 2.79. The van der Waals surface area contributed by atoms with E-state index in [0.29, 0.717) is 6.54 Å². The fourth-order valence-corrected chi connectivity index (χ4v) is 1.92. The summed E-state index contributed by atoms with van der Waals surface area (Å²) in [6.45, 7) is 4.63. The van der Waals surface area contributed by atoms with Gasteiger partial charge in [-0.3, -0.25) is 4.79 Å². The minimum absolute atomic E-state index is 0.0640. The van der Waals surface area contributed by atoms with Gasteiger partial charge in [-0.15, -0.1) is 11.3 Å². The molecule has 2 atom stereocenters. The molecule has 0 aliphatic heterocycles. The van der Waals surface area contributed by atoms with Crippen molar-refractivity contribution in [3.05, 3.63) is 16.6 Å². The first-order valence-electron chi connectivity index (χ1n) is 5.56. The molecule has 1 amide bonds. The van der Waals surface area contributed by atoms with Crippen LogP contribution in [0.4, 0.5) is 0 Å². The van der Waals surface area contributed by atoms with E-state index in [0.717, 1.165) is 17.8 Å². The molecule has 3 N–H and O–H groups in total. The minimum Gasteiger partial charge on any atom is -0.354 e. The lowest BCUT2D eigenvalue weighted by Crippen LogP contribution is -2.45. The second-order valence-corrected chi connectivity index (χ2v) is 4.86. The Bertz CT molecular complexity index is 313. The Morgan fingerprint density at radius 1 is 1.69 bits per heavy atom. The largest absolute Gasteiger partial charge is 0.354 e. The van der Waals surface area contributed by atoms with Gasteiger partial charge in [-0.25, -0.2) is 4.98 Å². The molecule has 4 nitrogen and oxygen atoms in total. The Balaban J connectivity index is 2.24. The zero-order valence-corrected chi connectivity index (χ0v) is 10.6. The number of nitrogens with one attached hydrogen (secondary N) is 1. The summed E-state index contributed by atoms with van der Waals surface area (Å²) in [5, 5.41) is 5.81. The van der Waals surface area contributed by atoms with Crippen LogP contribution in [0.5, 0.6) is 0 Å². The highest BCUT2D eigenvalue weighted by atomic mass is 32.1. The van der Waals surface area contributed by atoms with Gasteiger partial charge in [0.1, 0.15) is 0 Å². The molecule has 0 saturated heterocycles. The fraction of sp³-hybridized carbons (Fsp3) is 0.636. The summed E-state index contributed by atoms with van der Waals surface area (Å²) >= 11 is 1.60. The van der Waals surface area contributed by atoms with Crippen molar-refractivity contribution in [3.8, 4) is 0 Å². The summed E-state index contributed by atoms with van der Waals surface area (Å²) in [4.78, 5) is 15.8. The van der Waals surface area contributed by atoms with E-state index < -0.39 is 6.04 Å². The molecule has 1 aromatic rings. The van der Waals surface area contributed by atoms with Crippen LogP contribution in [0, 0.1) is 5.92 Å². The third-order valence-corrected chi connectivity index (χ3v) is 3.52. The van der Waals surface area contributed by atoms with Crippen LogP contribution >= 0.6 is 11.3 Å². The van der Waals surface area contributed by atoms with Gasteiger partial charge >= 0.3 is 0 Å². The molecular weight excluding hydrogens is 222 g/mol. The fourth-order valence-electron chi connectivity index (χ4n) is 1.30. The molecule has 1 rings (SSSR count). The monoisotopic (exact) mass is 241 g/mol. The molecule has 2 unspecified atom stereocenters. The van der Waals surface area contributed by atoms with Crippen LogP contribution in [0.15, 0.2) is 11.6 Å². The van der Waals surface area contributed by atoms with Gasteiger partial charge in [0.2, 0.25) is 5.91 Å². The summed E-state index contributed by atoms with van der Waals surface area (Å²) in [5.74, 6) is 0.158. The van der Waals surface area contributed by atoms with Crippen LogP contribution in [-0.4, -0.2) is 23.5 Å². The lowest BCUT2D eigenvalue weighted by Gasteiger charge is -2.17. The third-order valence-electron chi connectivity index (χ3n) is 2.68. The van der Waals surface area contributed by atoms with E-state index in [9.17, 15) is 4.79 Å². The first-order chi connectivity index (χ1) is 7.65. The molecule has 5 heteroatoms. The van der Waals surface area contributed by atoms with Gasteiger partial charge in [-0.1, -0.05) is 20.3 Å². The van der Waals surface area contributed by atoms with Crippen molar-refractivity contribution in [2.75, 3.05) is 6.54 Å². The number of hydrogen-bond acceptors (Lipinski definition) is 4. The summed E-state index contributed by atoms with van der Waals surface area (Å²) in [7, 11) is 0. The summed E-state index contributed by atoms with van der Waals surface area (Å²) in [6.07, 6.45) is 3.46. The number of nitrogens with two attached hydrogens (primary N) is 1. The normalized spacial score (nSPS) is 14.4. The maximum absolute atomic E-state index is 11.6. The molecule has 0 radical (unpaired) electrons. The molecule has 1 aromatic heterocycles. The predicted octanol–water partition coefficient (Wildman–Crippen LogP) is 1.18. The number of amides is 1. The van der Waals surface area contributed by atoms with E-state index in [2.05, 4.69) is 10.3 Å². The van der Waals surface area contributed by atoms with Crippen LogP contribution < -0.4 is 11.1 Å². The van der Waals surface area contributed by atoms with Crippen LogP contribution in [0.25, 0.3) is 0 Å². The average molecular weight is 241 g/mol. The number of carbonyl (C=O) groups is 1. The van der Waals surface area contributed by atoms with Crippen LogP contribution in [0.1, 0.15) is 25.3 Å². The maximum atomic E-state index is 11.6. The predicted molar refractivity (Wildman–Crippen MR) is 66.3 cm³/mol. The molecule has 90 valence electrons. The number of aromatic nitrogens is 1. The summed E-state index contributed by atoms with van der Waals surface area (Å²) in [6, 6.07) is -0.402. The highest BCUT2D eigenvalue weighted by Gasteiger charge is 2.18. The number of rotatable bonds is 6. The van der Waals surface area contributed by atoms with Crippen molar-refractivity contribution in [3.63, 3.8) is 0 Å². The number of hydrogen-bond donors (Lipinski definition) is 2. The topological polar surface area (TPSA) is 68.0 Å². The van der Waals surface area contributed by atoms with Crippen molar-refractivity contribution in [1.82, 2.24) is 10.3 Å². The van der Waals surface area contributed by atoms with Crippen LogP contribution in [-0.2, 0) is 11.2 Å². The van der Waals surface area contributed by atoms with Gasteiger partial charge in [0.15, 0.2) is 0 Å². The Morgan fingerprint density at radius 2 is 2.44 bits per heavy atom. The quantitative estimate of drug-likeness (QED) is 0.785. The number of nitrogens with zero attached hydrogens (tertiary/aromatic N) is 1. The van der Waals surface area contributed by atoms with Crippen molar-refractivity contribution in [2.24, 2.45) is 11.7 Å². The molecular formula is C11H19N3OS. The van der Waals surface area contributed by atoms with Gasteiger partial charge in [0.25, 0.3) is 0 Å². The van der Waals surface area contributed by atoms with Crippen molar-refractivity contribution >= 4 is 17.2 Å². The van der Waals surface area contributed by atoms with Gasteiger partial charge < -0.3 is 11.1 Å². The molecule has 0 saturated carbocycles. The van der Waals surface area contributed by atoms with E-state index in [4.69, 9.17) is 5.73 Å². The highest BCUT2D eigenvalue weighted by Crippen LogP contribution is 2.06. The van der Waals surface area contributed by atoms with Crippen molar-refractivity contribution in [1.29, 1.82) is 0 Å². The molecule has 0 aliphatic carbocycles. The van der Waals surface area contributed by atoms with Crippen molar-refractivity contribution in [2.45, 2.75) is 32.7 Å². The molecule has 16 heavy (non-hydrogen) atoms. The second kappa shape index (κ2) is 6.60. The Labute approximate surface area is 100 Å². The molecule has 0 fully saturated rings. The zero-order chi connectivity index (χ0) is 12.0. The Hall–Kier alpha value is -0.940. The molecule has 0 aliphatic rings. The van der Waals surface area contributed by atoms with Crippen LogP contribution in [0.2, 0.25) is 0 Å². The van der Waals surface area contributed by atoms with Gasteiger partial charge in [-0.2, -0.15) is 0 Å². The second-order valence-electron chi connectivity index (χ2n) is 3.88. The minimum atomic E-state index is -0.402. The van der Waals surface area contributed by atoms with Crippen molar-refractivity contribution < 1.29 is 4.79 Å². The SMILES string of the molecule is CCC(C)C(N)C(=O)NCCc1nccs1. The summed E-state index contributed by atoms with van der Waals surface area (Å²) < 4.78 is 0. The number of carbonyl (C=O) groups excluding carboxylic acids is 1. The smallest absolute Gasteiger partial charge is 0.237 e. The maximum Gasteiger partial charge on any atom is 0.237 e. The standard InChI is InChI=1S/C11H19N3OS/c1-3-8(2)10(12)11(15)14-5-4-9-13-6-7-16-9/h6-8,10H,3-5,12H2,1-2H3,(H,14,15). The van der Waals surface area contributed by atoms with Gasteiger partial charge in [-0.05, 0) is 5.92 Å². The first-order valence-corrected chi connectivity index (χ1v) is 6.44. The van der Waals surface area contributed by atoms with Gasteiger partial charge in [0, 0.05) is 24.5 Å². The summed E-state index contributed by atoms with van der Waals surface area (Å²) in [5.41, 5.74) is 5.81. The highest BCUT2D eigenvalue weighted by molar-refractivity contribution is 7.09. The van der Waals surface area contributed by atoms with E-state index >= 15 is 0 Å². The van der Waals surface area contributed by atoms with Gasteiger partial charge in [0.05, 0.1) is 11.0 Å². The number of thiazole rings is 1. The molecule has 0 spiro atoms. The van der Waals surface area contributed by atoms with E-state index in [1.54, 1.807) is 17.5 Å². The van der Waals surface area contributed by atoms with E-state index in [-0.39, 0.29) is 11.8 Å². The van der Waals surface area contributed by atoms with E-state index in [1.165, 1.54) is 0 Å². The third kappa shape index (κ3) is 3.90. The molecule has 0 aromatic carbocycles. The van der Waals surface area contributed by atoms with E-state index in [1.807, 2.05) is 19.2 Å². The van der Waals surface area contributed by atoms with Crippen LogP contribution in [0.3, 0.4) is 0 Å². The lowest BCUT2D eigenvalue weighted by molar-refractivity contribution is -0.123. The Morgan fingerprint density at radius 3 is 3.00 bits per heavy atom. The molecule has 1 heterocycles.